The third-order valence-electron chi connectivity index (χ3n) is 4.89. The summed E-state index contributed by atoms with van der Waals surface area (Å²) in [7, 11) is 1.67. The highest BCUT2D eigenvalue weighted by molar-refractivity contribution is 5.69. The van der Waals surface area contributed by atoms with Gasteiger partial charge in [0, 0.05) is 32.7 Å². The average Bonchev–Trinajstić information content (AvgIpc) is 3.13. The van der Waals surface area contributed by atoms with E-state index in [0.29, 0.717) is 32.7 Å². The first-order valence-electron chi connectivity index (χ1n) is 10.6. The molecular formula is C23H34FN2O4+. The molecule has 1 aromatic heterocycles. The second-order valence-corrected chi connectivity index (χ2v) is 7.57. The summed E-state index contributed by atoms with van der Waals surface area (Å²) >= 11 is 0. The number of rotatable bonds is 14. The highest BCUT2D eigenvalue weighted by Crippen LogP contribution is 2.09. The molecule has 30 heavy (non-hydrogen) atoms. The molecule has 0 amide bonds. The summed E-state index contributed by atoms with van der Waals surface area (Å²) < 4.78 is 25.9. The van der Waals surface area contributed by atoms with Gasteiger partial charge < -0.3 is 24.0 Å². The van der Waals surface area contributed by atoms with E-state index in [2.05, 4.69) is 4.57 Å². The van der Waals surface area contributed by atoms with E-state index in [1.807, 2.05) is 31.3 Å². The molecule has 0 radical (unpaired) electrons. The molecule has 0 spiro atoms. The molecular weight excluding hydrogens is 387 g/mol. The van der Waals surface area contributed by atoms with Crippen LogP contribution < -0.4 is 4.90 Å². The third kappa shape index (κ3) is 8.65. The number of carbonyl (C=O) groups excluding carboxylic acids is 1. The Morgan fingerprint density at radius 3 is 2.87 bits per heavy atom. The van der Waals surface area contributed by atoms with Gasteiger partial charge in [-0.05, 0) is 36.2 Å². The van der Waals surface area contributed by atoms with Crippen LogP contribution in [-0.2, 0) is 27.4 Å². The predicted octanol–water partition coefficient (Wildman–Crippen LogP) is 1.80. The lowest BCUT2D eigenvalue weighted by Gasteiger charge is -2.23. The van der Waals surface area contributed by atoms with Crippen molar-refractivity contribution < 1.29 is 28.7 Å². The number of quaternary nitrogens is 1. The number of nitrogens with one attached hydrogen (secondary N) is 1. The number of benzene rings is 1. The van der Waals surface area contributed by atoms with Gasteiger partial charge in [0.2, 0.25) is 0 Å². The van der Waals surface area contributed by atoms with Gasteiger partial charge in [0.15, 0.2) is 0 Å². The van der Waals surface area contributed by atoms with E-state index < -0.39 is 6.10 Å². The standard InChI is InChI=1S/C23H33FN2O4/c1-3-7-23(28)30-18-22(27)17-25(11-6-13-29-2)16-21-10-5-12-26(21)15-19-8-4-9-20(24)14-19/h4-5,8-10,12,14,22,27H,3,6-7,11,13,15-18H2,1-2H3/p+1/t22-/m0/s1. The minimum Gasteiger partial charge on any atom is -0.463 e. The summed E-state index contributed by atoms with van der Waals surface area (Å²) in [5.41, 5.74) is 2.00. The monoisotopic (exact) mass is 421 g/mol. The Hall–Kier alpha value is -2.22. The molecule has 2 rings (SSSR count). The van der Waals surface area contributed by atoms with Crippen molar-refractivity contribution >= 4 is 5.97 Å². The number of hydrogen-bond donors (Lipinski definition) is 2. The number of esters is 1. The molecule has 0 saturated carbocycles. The number of hydrogen-bond acceptors (Lipinski definition) is 4. The molecule has 1 aromatic carbocycles. The first-order chi connectivity index (χ1) is 14.5. The van der Waals surface area contributed by atoms with Crippen molar-refractivity contribution in [1.29, 1.82) is 0 Å². The number of carbonyl (C=O) groups is 1. The van der Waals surface area contributed by atoms with Gasteiger partial charge in [0.05, 0.1) is 18.8 Å². The van der Waals surface area contributed by atoms with Crippen LogP contribution in [0.25, 0.3) is 0 Å². The van der Waals surface area contributed by atoms with E-state index in [4.69, 9.17) is 9.47 Å². The van der Waals surface area contributed by atoms with Crippen LogP contribution in [0.2, 0.25) is 0 Å². The van der Waals surface area contributed by atoms with E-state index in [-0.39, 0.29) is 18.4 Å². The zero-order valence-electron chi connectivity index (χ0n) is 18.0. The smallest absolute Gasteiger partial charge is 0.305 e. The van der Waals surface area contributed by atoms with Gasteiger partial charge in [-0.3, -0.25) is 4.79 Å². The first-order valence-corrected chi connectivity index (χ1v) is 10.6. The SMILES string of the molecule is CCCC(=O)OC[C@@H](O)C[NH+](CCCOC)Cc1cccn1Cc1cccc(F)c1. The van der Waals surface area contributed by atoms with Gasteiger partial charge in [-0.15, -0.1) is 0 Å². The maximum Gasteiger partial charge on any atom is 0.305 e. The normalized spacial score (nSPS) is 13.2. The summed E-state index contributed by atoms with van der Waals surface area (Å²) in [5, 5.41) is 10.4. The summed E-state index contributed by atoms with van der Waals surface area (Å²) in [4.78, 5) is 12.7. The molecule has 166 valence electrons. The summed E-state index contributed by atoms with van der Waals surface area (Å²) in [5.74, 6) is -0.518. The Kier molecular flexibility index (Phi) is 10.5. The van der Waals surface area contributed by atoms with Gasteiger partial charge >= 0.3 is 5.97 Å². The Morgan fingerprint density at radius 1 is 1.30 bits per heavy atom. The van der Waals surface area contributed by atoms with Crippen molar-refractivity contribution in [2.24, 2.45) is 0 Å². The van der Waals surface area contributed by atoms with Crippen molar-refractivity contribution in [1.82, 2.24) is 4.57 Å². The van der Waals surface area contributed by atoms with Gasteiger partial charge in [-0.25, -0.2) is 4.39 Å². The Labute approximate surface area is 178 Å². The molecule has 0 fully saturated rings. The molecule has 0 saturated heterocycles. The molecule has 1 unspecified atom stereocenters. The fraction of sp³-hybridized carbons (Fsp3) is 0.522. The summed E-state index contributed by atoms with van der Waals surface area (Å²) in [6, 6.07) is 10.6. The largest absolute Gasteiger partial charge is 0.463 e. The Morgan fingerprint density at radius 2 is 2.13 bits per heavy atom. The van der Waals surface area contributed by atoms with Crippen molar-refractivity contribution in [3.8, 4) is 0 Å². The molecule has 0 aliphatic heterocycles. The number of methoxy groups -OCH3 is 1. The Bertz CT molecular complexity index is 765. The van der Waals surface area contributed by atoms with Gasteiger partial charge in [0.1, 0.15) is 31.6 Å². The van der Waals surface area contributed by atoms with Crippen molar-refractivity contribution in [2.75, 3.05) is 33.4 Å². The fourth-order valence-electron chi connectivity index (χ4n) is 3.44. The maximum absolute atomic E-state index is 13.5. The number of aliphatic hydroxyl groups is 1. The molecule has 2 atom stereocenters. The molecule has 1 heterocycles. The van der Waals surface area contributed by atoms with Crippen LogP contribution >= 0.6 is 0 Å². The molecule has 2 N–H and O–H groups in total. The first kappa shape index (κ1) is 24.1. The number of nitrogens with zero attached hydrogens (tertiary/aromatic N) is 1. The van der Waals surface area contributed by atoms with Crippen LogP contribution in [0.15, 0.2) is 42.6 Å². The van der Waals surface area contributed by atoms with E-state index in [1.54, 1.807) is 19.2 Å². The molecule has 0 bridgehead atoms. The van der Waals surface area contributed by atoms with Crippen molar-refractivity contribution in [2.45, 2.75) is 45.4 Å². The van der Waals surface area contributed by atoms with Gasteiger partial charge in [-0.2, -0.15) is 0 Å². The number of aliphatic hydroxyl groups excluding tert-OH is 1. The zero-order chi connectivity index (χ0) is 21.8. The number of ether oxygens (including phenoxy) is 2. The highest BCUT2D eigenvalue weighted by Gasteiger charge is 2.19. The molecule has 0 aliphatic rings. The third-order valence-corrected chi connectivity index (χ3v) is 4.89. The highest BCUT2D eigenvalue weighted by atomic mass is 19.1. The molecule has 2 aromatic rings. The predicted molar refractivity (Wildman–Crippen MR) is 113 cm³/mol. The lowest BCUT2D eigenvalue weighted by molar-refractivity contribution is -0.917. The second kappa shape index (κ2) is 13.2. The van der Waals surface area contributed by atoms with Crippen LogP contribution in [0.4, 0.5) is 4.39 Å². The number of aromatic nitrogens is 1. The molecule has 7 heteroatoms. The topological polar surface area (TPSA) is 65.1 Å². The lowest BCUT2D eigenvalue weighted by Crippen LogP contribution is -3.12. The lowest BCUT2D eigenvalue weighted by atomic mass is 10.2. The minimum absolute atomic E-state index is 0.0108. The van der Waals surface area contributed by atoms with Crippen LogP contribution in [0.1, 0.15) is 37.4 Å². The van der Waals surface area contributed by atoms with Crippen LogP contribution in [-0.4, -0.2) is 55.2 Å². The molecule has 0 aliphatic carbocycles. The van der Waals surface area contributed by atoms with Crippen molar-refractivity contribution in [3.63, 3.8) is 0 Å². The fourth-order valence-corrected chi connectivity index (χ4v) is 3.44. The van der Waals surface area contributed by atoms with Crippen LogP contribution in [0.3, 0.4) is 0 Å². The van der Waals surface area contributed by atoms with Crippen LogP contribution in [0, 0.1) is 5.82 Å². The average molecular weight is 422 g/mol. The van der Waals surface area contributed by atoms with Crippen LogP contribution in [0.5, 0.6) is 0 Å². The summed E-state index contributed by atoms with van der Waals surface area (Å²) in [6.07, 6.45) is 3.21. The molecule has 6 nitrogen and oxygen atoms in total. The second-order valence-electron chi connectivity index (χ2n) is 7.57. The van der Waals surface area contributed by atoms with E-state index in [0.717, 1.165) is 30.6 Å². The Balaban J connectivity index is 1.98. The van der Waals surface area contributed by atoms with Gasteiger partial charge in [-0.1, -0.05) is 19.1 Å². The van der Waals surface area contributed by atoms with E-state index >= 15 is 0 Å². The number of halogens is 1. The zero-order valence-corrected chi connectivity index (χ0v) is 18.0. The maximum atomic E-state index is 13.5. The minimum atomic E-state index is -0.727. The van der Waals surface area contributed by atoms with Crippen molar-refractivity contribution in [3.05, 3.63) is 59.7 Å². The van der Waals surface area contributed by atoms with E-state index in [9.17, 15) is 14.3 Å². The summed E-state index contributed by atoms with van der Waals surface area (Å²) in [6.45, 7) is 5.15. The van der Waals surface area contributed by atoms with E-state index in [1.165, 1.54) is 11.0 Å². The quantitative estimate of drug-likeness (QED) is 0.361. The van der Waals surface area contributed by atoms with Gasteiger partial charge in [0.25, 0.3) is 0 Å².